The molecule has 2 atom stereocenters. The van der Waals surface area contributed by atoms with Gasteiger partial charge in [-0.25, -0.2) is 4.79 Å². The van der Waals surface area contributed by atoms with Crippen LogP contribution in [0.4, 0.5) is 4.79 Å². The second-order valence-corrected chi connectivity index (χ2v) is 5.97. The summed E-state index contributed by atoms with van der Waals surface area (Å²) in [5.41, 5.74) is 7.48. The van der Waals surface area contributed by atoms with Crippen molar-refractivity contribution in [3.05, 3.63) is 71.8 Å². The van der Waals surface area contributed by atoms with Crippen molar-refractivity contribution in [2.75, 3.05) is 13.1 Å². The molecule has 124 valence electrons. The molecule has 2 aromatic rings. The fraction of sp³-hybridized carbons (Fsp3) is 0.263. The smallest absolute Gasteiger partial charge is 0.410 e. The molecule has 0 bridgehead atoms. The van der Waals surface area contributed by atoms with Gasteiger partial charge in [-0.3, -0.25) is 4.79 Å². The van der Waals surface area contributed by atoms with E-state index in [9.17, 15) is 9.59 Å². The Labute approximate surface area is 141 Å². The zero-order valence-corrected chi connectivity index (χ0v) is 13.3. The normalized spacial score (nSPS) is 19.9. The summed E-state index contributed by atoms with van der Waals surface area (Å²) >= 11 is 0. The van der Waals surface area contributed by atoms with Gasteiger partial charge in [-0.1, -0.05) is 60.7 Å². The van der Waals surface area contributed by atoms with Crippen LogP contribution in [0.25, 0.3) is 0 Å². The molecule has 0 aliphatic carbocycles. The Bertz CT molecular complexity index is 703. The molecule has 0 saturated carbocycles. The van der Waals surface area contributed by atoms with Crippen LogP contribution in [0.3, 0.4) is 0 Å². The Hall–Kier alpha value is -2.82. The number of benzene rings is 2. The van der Waals surface area contributed by atoms with Crippen LogP contribution in [0, 0.1) is 5.92 Å². The number of amides is 2. The van der Waals surface area contributed by atoms with Gasteiger partial charge in [0.05, 0.1) is 5.92 Å². The van der Waals surface area contributed by atoms with Crippen LogP contribution in [0.1, 0.15) is 17.0 Å². The fourth-order valence-electron chi connectivity index (χ4n) is 3.09. The number of likely N-dealkylation sites (tertiary alicyclic amines) is 1. The summed E-state index contributed by atoms with van der Waals surface area (Å²) in [6, 6.07) is 19.2. The van der Waals surface area contributed by atoms with E-state index in [0.29, 0.717) is 13.1 Å². The SMILES string of the molecule is NC(=O)[C@H]1CN(C(=O)OCc2ccccc2)C[C@@H]1c1ccccc1. The van der Waals surface area contributed by atoms with E-state index in [1.54, 1.807) is 4.90 Å². The van der Waals surface area contributed by atoms with Gasteiger partial charge in [0.25, 0.3) is 0 Å². The lowest BCUT2D eigenvalue weighted by atomic mass is 9.89. The summed E-state index contributed by atoms with van der Waals surface area (Å²) in [5.74, 6) is -0.869. The number of nitrogens with zero attached hydrogens (tertiary/aromatic N) is 1. The van der Waals surface area contributed by atoms with Gasteiger partial charge in [0, 0.05) is 19.0 Å². The number of ether oxygens (including phenoxy) is 1. The predicted molar refractivity (Wildman–Crippen MR) is 90.1 cm³/mol. The van der Waals surface area contributed by atoms with Crippen molar-refractivity contribution in [3.63, 3.8) is 0 Å². The molecule has 1 fully saturated rings. The summed E-state index contributed by atoms with van der Waals surface area (Å²) in [6.45, 7) is 0.946. The first-order chi connectivity index (χ1) is 11.6. The molecule has 1 heterocycles. The maximum absolute atomic E-state index is 12.3. The quantitative estimate of drug-likeness (QED) is 0.939. The van der Waals surface area contributed by atoms with Gasteiger partial charge in [-0.2, -0.15) is 0 Å². The monoisotopic (exact) mass is 324 g/mol. The van der Waals surface area contributed by atoms with Crippen molar-refractivity contribution in [1.29, 1.82) is 0 Å². The maximum atomic E-state index is 12.3. The molecular formula is C19H20N2O3. The van der Waals surface area contributed by atoms with E-state index < -0.39 is 12.0 Å². The van der Waals surface area contributed by atoms with Crippen molar-refractivity contribution in [3.8, 4) is 0 Å². The molecule has 1 aliphatic heterocycles. The number of rotatable bonds is 4. The van der Waals surface area contributed by atoms with Gasteiger partial charge in [-0.05, 0) is 11.1 Å². The molecule has 3 rings (SSSR count). The molecule has 1 saturated heterocycles. The summed E-state index contributed by atoms with van der Waals surface area (Å²) in [6.07, 6.45) is -0.413. The molecular weight excluding hydrogens is 304 g/mol. The highest BCUT2D eigenvalue weighted by Crippen LogP contribution is 2.32. The topological polar surface area (TPSA) is 72.6 Å². The molecule has 24 heavy (non-hydrogen) atoms. The lowest BCUT2D eigenvalue weighted by Crippen LogP contribution is -2.32. The summed E-state index contributed by atoms with van der Waals surface area (Å²) in [5, 5.41) is 0. The lowest BCUT2D eigenvalue weighted by molar-refractivity contribution is -0.121. The molecule has 0 spiro atoms. The van der Waals surface area contributed by atoms with Crippen molar-refractivity contribution >= 4 is 12.0 Å². The largest absolute Gasteiger partial charge is 0.445 e. The Morgan fingerprint density at radius 2 is 1.62 bits per heavy atom. The third kappa shape index (κ3) is 3.56. The molecule has 2 amide bonds. The van der Waals surface area contributed by atoms with Crippen LogP contribution in [0.15, 0.2) is 60.7 Å². The molecule has 2 N–H and O–H groups in total. The van der Waals surface area contributed by atoms with E-state index in [4.69, 9.17) is 10.5 Å². The fourth-order valence-corrected chi connectivity index (χ4v) is 3.09. The van der Waals surface area contributed by atoms with Crippen LogP contribution < -0.4 is 5.73 Å². The van der Waals surface area contributed by atoms with Gasteiger partial charge in [0.15, 0.2) is 0 Å². The summed E-state index contributed by atoms with van der Waals surface area (Å²) in [7, 11) is 0. The number of hydrogen-bond acceptors (Lipinski definition) is 3. The number of hydrogen-bond donors (Lipinski definition) is 1. The second-order valence-electron chi connectivity index (χ2n) is 5.97. The van der Waals surface area contributed by atoms with Crippen molar-refractivity contribution in [2.24, 2.45) is 11.7 Å². The molecule has 0 radical (unpaired) electrons. The van der Waals surface area contributed by atoms with Gasteiger partial charge in [0.2, 0.25) is 5.91 Å². The highest BCUT2D eigenvalue weighted by Gasteiger charge is 2.39. The average molecular weight is 324 g/mol. The number of nitrogens with two attached hydrogens (primary N) is 1. The van der Waals surface area contributed by atoms with E-state index in [2.05, 4.69) is 0 Å². The van der Waals surface area contributed by atoms with Gasteiger partial charge in [-0.15, -0.1) is 0 Å². The highest BCUT2D eigenvalue weighted by molar-refractivity contribution is 5.80. The minimum atomic E-state index is -0.413. The molecule has 1 aliphatic rings. The van der Waals surface area contributed by atoms with Gasteiger partial charge >= 0.3 is 6.09 Å². The predicted octanol–water partition coefficient (Wildman–Crippen LogP) is 2.52. The van der Waals surface area contributed by atoms with E-state index in [0.717, 1.165) is 11.1 Å². The Morgan fingerprint density at radius 3 is 2.25 bits per heavy atom. The van der Waals surface area contributed by atoms with Crippen LogP contribution in [0.2, 0.25) is 0 Å². The first-order valence-electron chi connectivity index (χ1n) is 7.95. The number of primary amides is 1. The number of carbonyl (C=O) groups is 2. The van der Waals surface area contributed by atoms with Crippen molar-refractivity contribution < 1.29 is 14.3 Å². The van der Waals surface area contributed by atoms with E-state index >= 15 is 0 Å². The molecule has 2 aromatic carbocycles. The van der Waals surface area contributed by atoms with Crippen LogP contribution >= 0.6 is 0 Å². The first-order valence-corrected chi connectivity index (χ1v) is 7.95. The Morgan fingerprint density at radius 1 is 1.00 bits per heavy atom. The first kappa shape index (κ1) is 16.1. The Kier molecular flexibility index (Phi) is 4.79. The van der Waals surface area contributed by atoms with Crippen molar-refractivity contribution in [1.82, 2.24) is 4.90 Å². The zero-order valence-electron chi connectivity index (χ0n) is 13.3. The van der Waals surface area contributed by atoms with Crippen LogP contribution in [-0.2, 0) is 16.1 Å². The van der Waals surface area contributed by atoms with Crippen LogP contribution in [-0.4, -0.2) is 30.0 Å². The lowest BCUT2D eigenvalue weighted by Gasteiger charge is -2.16. The van der Waals surface area contributed by atoms with Crippen molar-refractivity contribution in [2.45, 2.75) is 12.5 Å². The maximum Gasteiger partial charge on any atom is 0.410 e. The molecule has 0 aromatic heterocycles. The highest BCUT2D eigenvalue weighted by atomic mass is 16.6. The Balaban J connectivity index is 1.66. The average Bonchev–Trinajstić information content (AvgIpc) is 3.07. The van der Waals surface area contributed by atoms with E-state index in [-0.39, 0.29) is 18.4 Å². The van der Waals surface area contributed by atoms with E-state index in [1.165, 1.54) is 0 Å². The second kappa shape index (κ2) is 7.17. The minimum absolute atomic E-state index is 0.0898. The number of carbonyl (C=O) groups excluding carboxylic acids is 2. The standard InChI is InChI=1S/C19H20N2O3/c20-18(22)17-12-21(11-16(17)15-9-5-2-6-10-15)19(23)24-13-14-7-3-1-4-8-14/h1-10,16-17H,11-13H2,(H2,20,22)/t16-,17+/m1/s1. The summed E-state index contributed by atoms with van der Waals surface area (Å²) in [4.78, 5) is 25.7. The van der Waals surface area contributed by atoms with Gasteiger partial charge in [0.1, 0.15) is 6.61 Å². The molecule has 5 nitrogen and oxygen atoms in total. The van der Waals surface area contributed by atoms with Gasteiger partial charge < -0.3 is 15.4 Å². The molecule has 0 unspecified atom stereocenters. The third-order valence-corrected chi connectivity index (χ3v) is 4.38. The zero-order chi connectivity index (χ0) is 16.9. The third-order valence-electron chi connectivity index (χ3n) is 4.38. The van der Waals surface area contributed by atoms with E-state index in [1.807, 2.05) is 60.7 Å². The minimum Gasteiger partial charge on any atom is -0.445 e. The molecule has 5 heteroatoms. The summed E-state index contributed by atoms with van der Waals surface area (Å²) < 4.78 is 5.36. The van der Waals surface area contributed by atoms with Crippen LogP contribution in [0.5, 0.6) is 0 Å².